The first-order valence-electron chi connectivity index (χ1n) is 5.26. The molecule has 0 radical (unpaired) electrons. The van der Waals surface area contributed by atoms with Crippen molar-refractivity contribution in [3.63, 3.8) is 0 Å². The van der Waals surface area contributed by atoms with Crippen LogP contribution in [-0.4, -0.2) is 17.1 Å². The van der Waals surface area contributed by atoms with Gasteiger partial charge in [-0.2, -0.15) is 0 Å². The van der Waals surface area contributed by atoms with Crippen molar-refractivity contribution in [2.24, 2.45) is 0 Å². The van der Waals surface area contributed by atoms with Gasteiger partial charge in [-0.1, -0.05) is 13.3 Å². The van der Waals surface area contributed by atoms with E-state index < -0.39 is 5.60 Å². The van der Waals surface area contributed by atoms with E-state index >= 15 is 0 Å². The van der Waals surface area contributed by atoms with Crippen molar-refractivity contribution in [3.05, 3.63) is 25.4 Å². The van der Waals surface area contributed by atoms with E-state index in [9.17, 15) is 4.79 Å². The highest BCUT2D eigenvalue weighted by molar-refractivity contribution is 14.1. The van der Waals surface area contributed by atoms with Gasteiger partial charge >= 0.3 is 0 Å². The number of nitrogens with one attached hydrogen (secondary N) is 1. The first kappa shape index (κ1) is 13.6. The van der Waals surface area contributed by atoms with Crippen molar-refractivity contribution in [2.75, 3.05) is 7.11 Å². The van der Waals surface area contributed by atoms with Gasteiger partial charge in [0, 0.05) is 7.11 Å². The Balaban J connectivity index is 3.29. The highest BCUT2D eigenvalue weighted by Gasteiger charge is 2.24. The SMILES string of the molecule is CCCc1nc(C(C)(C)OC)[nH]c(=O)c1I. The molecule has 5 heteroatoms. The molecule has 0 saturated carbocycles. The Kier molecular flexibility index (Phi) is 4.49. The number of halogens is 1. The van der Waals surface area contributed by atoms with E-state index in [0.717, 1.165) is 18.5 Å². The fourth-order valence-corrected chi connectivity index (χ4v) is 1.81. The average Bonchev–Trinajstić information content (AvgIpc) is 2.24. The molecule has 0 fully saturated rings. The third kappa shape index (κ3) is 2.82. The molecule has 0 aliphatic carbocycles. The molecule has 0 saturated heterocycles. The summed E-state index contributed by atoms with van der Waals surface area (Å²) >= 11 is 2.04. The fraction of sp³-hybridized carbons (Fsp3) is 0.636. The zero-order valence-electron chi connectivity index (χ0n) is 10.1. The number of H-pyrrole nitrogens is 1. The van der Waals surface area contributed by atoms with Crippen LogP contribution in [0.3, 0.4) is 0 Å². The van der Waals surface area contributed by atoms with Crippen LogP contribution in [0.1, 0.15) is 38.7 Å². The third-order valence-electron chi connectivity index (χ3n) is 2.50. The Morgan fingerprint density at radius 2 is 2.12 bits per heavy atom. The maximum Gasteiger partial charge on any atom is 0.264 e. The lowest BCUT2D eigenvalue weighted by molar-refractivity contribution is 0.0110. The molecule has 90 valence electrons. The number of hydrogen-bond acceptors (Lipinski definition) is 3. The molecule has 0 aliphatic heterocycles. The van der Waals surface area contributed by atoms with E-state index in [0.29, 0.717) is 9.39 Å². The summed E-state index contributed by atoms with van der Waals surface area (Å²) in [5, 5.41) is 0. The van der Waals surface area contributed by atoms with Crippen molar-refractivity contribution in [1.82, 2.24) is 9.97 Å². The number of aryl methyl sites for hydroxylation is 1. The zero-order chi connectivity index (χ0) is 12.3. The van der Waals surface area contributed by atoms with Crippen molar-refractivity contribution >= 4 is 22.6 Å². The van der Waals surface area contributed by atoms with Gasteiger partial charge in [0.15, 0.2) is 0 Å². The minimum Gasteiger partial charge on any atom is -0.371 e. The molecule has 0 amide bonds. The average molecular weight is 336 g/mol. The summed E-state index contributed by atoms with van der Waals surface area (Å²) in [5.41, 5.74) is 0.206. The van der Waals surface area contributed by atoms with Gasteiger partial charge in [-0.3, -0.25) is 4.79 Å². The minimum absolute atomic E-state index is 0.0841. The van der Waals surface area contributed by atoms with Crippen LogP contribution in [0.5, 0.6) is 0 Å². The summed E-state index contributed by atoms with van der Waals surface area (Å²) in [4.78, 5) is 19.0. The van der Waals surface area contributed by atoms with Crippen molar-refractivity contribution in [1.29, 1.82) is 0 Å². The molecule has 0 aromatic carbocycles. The van der Waals surface area contributed by atoms with Gasteiger partial charge in [0.25, 0.3) is 5.56 Å². The molecule has 0 bridgehead atoms. The monoisotopic (exact) mass is 336 g/mol. The topological polar surface area (TPSA) is 55.0 Å². The largest absolute Gasteiger partial charge is 0.371 e. The Bertz CT molecular complexity index is 426. The maximum absolute atomic E-state index is 11.7. The first-order chi connectivity index (χ1) is 7.42. The van der Waals surface area contributed by atoms with Gasteiger partial charge in [0.2, 0.25) is 0 Å². The summed E-state index contributed by atoms with van der Waals surface area (Å²) in [6.45, 7) is 5.84. The van der Waals surface area contributed by atoms with Crippen molar-refractivity contribution in [3.8, 4) is 0 Å². The Hall–Kier alpha value is -0.430. The van der Waals surface area contributed by atoms with E-state index in [1.165, 1.54) is 0 Å². The van der Waals surface area contributed by atoms with Crippen molar-refractivity contribution < 1.29 is 4.74 Å². The van der Waals surface area contributed by atoms with Gasteiger partial charge in [0.1, 0.15) is 11.4 Å². The number of aromatic amines is 1. The van der Waals surface area contributed by atoms with E-state index in [4.69, 9.17) is 4.74 Å². The summed E-state index contributed by atoms with van der Waals surface area (Å²) in [5.74, 6) is 0.587. The van der Waals surface area contributed by atoms with E-state index in [-0.39, 0.29) is 5.56 Å². The molecule has 0 aliphatic rings. The van der Waals surface area contributed by atoms with Crippen LogP contribution in [-0.2, 0) is 16.8 Å². The predicted molar refractivity (Wildman–Crippen MR) is 71.6 cm³/mol. The van der Waals surface area contributed by atoms with Crippen LogP contribution in [0, 0.1) is 3.57 Å². The van der Waals surface area contributed by atoms with Gasteiger partial charge in [0.05, 0.1) is 9.26 Å². The van der Waals surface area contributed by atoms with Gasteiger partial charge in [-0.05, 0) is 42.9 Å². The Morgan fingerprint density at radius 1 is 1.50 bits per heavy atom. The van der Waals surface area contributed by atoms with Crippen molar-refractivity contribution in [2.45, 2.75) is 39.2 Å². The molecule has 0 atom stereocenters. The first-order valence-corrected chi connectivity index (χ1v) is 6.34. The van der Waals surface area contributed by atoms with Crippen LogP contribution >= 0.6 is 22.6 Å². The number of rotatable bonds is 4. The van der Waals surface area contributed by atoms with Gasteiger partial charge in [-0.25, -0.2) is 4.98 Å². The van der Waals surface area contributed by atoms with E-state index in [1.54, 1.807) is 7.11 Å². The molecule has 1 N–H and O–H groups in total. The standard InChI is InChI=1S/C11H17IN2O2/c1-5-6-7-8(12)9(15)14-10(13-7)11(2,3)16-4/h5-6H2,1-4H3,(H,13,14,15). The lowest BCUT2D eigenvalue weighted by Gasteiger charge is -2.22. The molecule has 1 rings (SSSR count). The number of ether oxygens (including phenoxy) is 1. The number of aromatic nitrogens is 2. The normalized spacial score (nSPS) is 11.8. The Labute approximate surface area is 109 Å². The minimum atomic E-state index is -0.564. The molecule has 4 nitrogen and oxygen atoms in total. The molecular formula is C11H17IN2O2. The molecule has 1 heterocycles. The smallest absolute Gasteiger partial charge is 0.264 e. The molecule has 1 aromatic heterocycles. The third-order valence-corrected chi connectivity index (χ3v) is 3.61. The van der Waals surface area contributed by atoms with Crippen LogP contribution in [0.25, 0.3) is 0 Å². The second-order valence-corrected chi connectivity index (χ2v) is 5.22. The van der Waals surface area contributed by atoms with E-state index in [2.05, 4.69) is 16.9 Å². The van der Waals surface area contributed by atoms with Crippen LogP contribution in [0.15, 0.2) is 4.79 Å². The Morgan fingerprint density at radius 3 is 2.62 bits per heavy atom. The summed E-state index contributed by atoms with van der Waals surface area (Å²) in [6, 6.07) is 0. The second kappa shape index (κ2) is 5.27. The van der Waals surface area contributed by atoms with E-state index in [1.807, 2.05) is 36.4 Å². The summed E-state index contributed by atoms with van der Waals surface area (Å²) < 4.78 is 5.99. The maximum atomic E-state index is 11.7. The fourth-order valence-electron chi connectivity index (χ4n) is 1.29. The van der Waals surface area contributed by atoms with Crippen LogP contribution in [0.2, 0.25) is 0 Å². The second-order valence-electron chi connectivity index (χ2n) is 4.14. The number of hydrogen-bond donors (Lipinski definition) is 1. The highest BCUT2D eigenvalue weighted by Crippen LogP contribution is 2.20. The molecule has 0 spiro atoms. The molecule has 0 unspecified atom stereocenters. The molecule has 1 aromatic rings. The molecular weight excluding hydrogens is 319 g/mol. The summed E-state index contributed by atoms with van der Waals surface area (Å²) in [7, 11) is 1.61. The number of methoxy groups -OCH3 is 1. The van der Waals surface area contributed by atoms with Gasteiger partial charge < -0.3 is 9.72 Å². The molecule has 16 heavy (non-hydrogen) atoms. The number of nitrogens with zero attached hydrogens (tertiary/aromatic N) is 1. The predicted octanol–water partition coefficient (Wildman–Crippen LogP) is 2.21. The lowest BCUT2D eigenvalue weighted by Crippen LogP contribution is -2.29. The quantitative estimate of drug-likeness (QED) is 0.858. The highest BCUT2D eigenvalue weighted by atomic mass is 127. The van der Waals surface area contributed by atoms with Crippen LogP contribution < -0.4 is 5.56 Å². The lowest BCUT2D eigenvalue weighted by atomic mass is 10.1. The van der Waals surface area contributed by atoms with Gasteiger partial charge in [-0.15, -0.1) is 0 Å². The van der Waals surface area contributed by atoms with Crippen LogP contribution in [0.4, 0.5) is 0 Å². The summed E-state index contributed by atoms with van der Waals surface area (Å²) in [6.07, 6.45) is 1.79. The zero-order valence-corrected chi connectivity index (χ0v) is 12.2.